The van der Waals surface area contributed by atoms with Crippen LogP contribution in [0.2, 0.25) is 0 Å². The smallest absolute Gasteiger partial charge is 0.271 e. The van der Waals surface area contributed by atoms with E-state index in [0.29, 0.717) is 18.3 Å². The minimum atomic E-state index is -0.229. The second kappa shape index (κ2) is 8.46. The highest BCUT2D eigenvalue weighted by molar-refractivity contribution is 5.91. The van der Waals surface area contributed by atoms with Crippen molar-refractivity contribution in [2.45, 2.75) is 44.7 Å². The molecule has 132 valence electrons. The minimum absolute atomic E-state index is 0.229. The van der Waals surface area contributed by atoms with Crippen LogP contribution in [-0.4, -0.2) is 29.0 Å². The molecular weight excluding hydrogens is 316 g/mol. The van der Waals surface area contributed by atoms with E-state index in [0.717, 1.165) is 17.1 Å². The molecule has 1 aliphatic carbocycles. The van der Waals surface area contributed by atoms with Gasteiger partial charge in [0.15, 0.2) is 0 Å². The normalized spacial score (nSPS) is 14.8. The first-order valence-corrected chi connectivity index (χ1v) is 8.74. The number of hydrogen-bond acceptors (Lipinski definition) is 5. The maximum absolute atomic E-state index is 12.2. The van der Waals surface area contributed by atoms with Crippen LogP contribution in [0, 0.1) is 0 Å². The molecule has 1 aromatic heterocycles. The lowest BCUT2D eigenvalue weighted by Crippen LogP contribution is -2.25. The van der Waals surface area contributed by atoms with E-state index in [1.807, 2.05) is 24.3 Å². The van der Waals surface area contributed by atoms with Gasteiger partial charge in [-0.15, -0.1) is 0 Å². The van der Waals surface area contributed by atoms with Crippen molar-refractivity contribution in [3.8, 4) is 5.75 Å². The highest BCUT2D eigenvalue weighted by atomic mass is 16.5. The third-order valence-corrected chi connectivity index (χ3v) is 4.45. The van der Waals surface area contributed by atoms with Crippen molar-refractivity contribution in [1.82, 2.24) is 15.3 Å². The summed E-state index contributed by atoms with van der Waals surface area (Å²) in [7, 11) is 1.63. The van der Waals surface area contributed by atoms with Crippen LogP contribution in [0.25, 0.3) is 0 Å². The van der Waals surface area contributed by atoms with Gasteiger partial charge in [-0.3, -0.25) is 4.79 Å². The first kappa shape index (κ1) is 17.2. The molecule has 0 spiro atoms. The lowest BCUT2D eigenvalue weighted by atomic mass is 9.96. The van der Waals surface area contributed by atoms with Crippen LogP contribution >= 0.6 is 0 Å². The Balaban J connectivity index is 1.51. The summed E-state index contributed by atoms with van der Waals surface area (Å²) in [4.78, 5) is 20.7. The minimum Gasteiger partial charge on any atom is -0.497 e. The molecule has 0 radical (unpaired) electrons. The van der Waals surface area contributed by atoms with E-state index in [1.54, 1.807) is 13.3 Å². The lowest BCUT2D eigenvalue weighted by molar-refractivity contribution is 0.0945. The Bertz CT molecular complexity index is 680. The van der Waals surface area contributed by atoms with Crippen molar-refractivity contribution in [1.29, 1.82) is 0 Å². The number of benzene rings is 1. The Morgan fingerprint density at radius 3 is 2.52 bits per heavy atom. The largest absolute Gasteiger partial charge is 0.497 e. The summed E-state index contributed by atoms with van der Waals surface area (Å²) in [6.45, 7) is 0.437. The Hall–Kier alpha value is -2.63. The number of aromatic nitrogens is 2. The van der Waals surface area contributed by atoms with E-state index in [9.17, 15) is 4.79 Å². The van der Waals surface area contributed by atoms with Crippen LogP contribution in [0.15, 0.2) is 36.7 Å². The van der Waals surface area contributed by atoms with Gasteiger partial charge in [0, 0.05) is 12.6 Å². The quantitative estimate of drug-likeness (QED) is 0.845. The van der Waals surface area contributed by atoms with Gasteiger partial charge in [-0.25, -0.2) is 9.97 Å². The molecule has 0 unspecified atom stereocenters. The zero-order valence-electron chi connectivity index (χ0n) is 14.5. The number of hydrogen-bond donors (Lipinski definition) is 2. The second-order valence-electron chi connectivity index (χ2n) is 6.30. The molecule has 1 fully saturated rings. The van der Waals surface area contributed by atoms with Gasteiger partial charge in [0.25, 0.3) is 5.91 Å². The number of nitrogens with one attached hydrogen (secondary N) is 2. The standard InChI is InChI=1S/C19H24N4O2/c1-25-16-9-7-14(8-10-16)11-22-19(24)17-12-21-18(13-20-17)23-15-5-3-2-4-6-15/h7-10,12-13,15H,2-6,11H2,1H3,(H,21,23)(H,22,24). The van der Waals surface area contributed by atoms with Gasteiger partial charge in [0.1, 0.15) is 17.3 Å². The molecule has 3 rings (SSSR count). The molecule has 1 aromatic carbocycles. The summed E-state index contributed by atoms with van der Waals surface area (Å²) in [5, 5.41) is 6.25. The van der Waals surface area contributed by atoms with Crippen molar-refractivity contribution < 1.29 is 9.53 Å². The molecule has 1 saturated carbocycles. The van der Waals surface area contributed by atoms with Crippen molar-refractivity contribution >= 4 is 11.7 Å². The van der Waals surface area contributed by atoms with Crippen LogP contribution < -0.4 is 15.4 Å². The number of amides is 1. The van der Waals surface area contributed by atoms with E-state index >= 15 is 0 Å². The third-order valence-electron chi connectivity index (χ3n) is 4.45. The molecule has 0 saturated heterocycles. The predicted octanol–water partition coefficient (Wildman–Crippen LogP) is 3.16. The van der Waals surface area contributed by atoms with Crippen molar-refractivity contribution in [3.05, 3.63) is 47.9 Å². The SMILES string of the molecule is COc1ccc(CNC(=O)c2cnc(NC3CCCCC3)cn2)cc1. The maximum Gasteiger partial charge on any atom is 0.271 e. The lowest BCUT2D eigenvalue weighted by Gasteiger charge is -2.23. The molecular formula is C19H24N4O2. The Labute approximate surface area is 148 Å². The Kier molecular flexibility index (Phi) is 5.82. The Morgan fingerprint density at radius 2 is 1.88 bits per heavy atom. The molecule has 2 N–H and O–H groups in total. The second-order valence-corrected chi connectivity index (χ2v) is 6.30. The molecule has 1 amide bonds. The number of carbonyl (C=O) groups is 1. The fourth-order valence-electron chi connectivity index (χ4n) is 2.99. The average Bonchev–Trinajstić information content (AvgIpc) is 2.68. The number of carbonyl (C=O) groups excluding carboxylic acids is 1. The summed E-state index contributed by atoms with van der Waals surface area (Å²) >= 11 is 0. The van der Waals surface area contributed by atoms with Gasteiger partial charge in [0.2, 0.25) is 0 Å². The molecule has 1 heterocycles. The summed E-state index contributed by atoms with van der Waals surface area (Å²) in [5.41, 5.74) is 1.32. The van der Waals surface area contributed by atoms with E-state index < -0.39 is 0 Å². The van der Waals surface area contributed by atoms with Gasteiger partial charge in [-0.1, -0.05) is 31.4 Å². The maximum atomic E-state index is 12.2. The van der Waals surface area contributed by atoms with Crippen LogP contribution in [0.1, 0.15) is 48.2 Å². The number of rotatable bonds is 6. The molecule has 2 aromatic rings. The average molecular weight is 340 g/mol. The fourth-order valence-corrected chi connectivity index (χ4v) is 2.99. The molecule has 6 heteroatoms. The van der Waals surface area contributed by atoms with Gasteiger partial charge in [-0.05, 0) is 30.5 Å². The number of methoxy groups -OCH3 is 1. The number of anilines is 1. The molecule has 25 heavy (non-hydrogen) atoms. The predicted molar refractivity (Wildman–Crippen MR) is 96.7 cm³/mol. The van der Waals surface area contributed by atoms with Crippen LogP contribution in [0.4, 0.5) is 5.82 Å². The molecule has 0 aliphatic heterocycles. The number of nitrogens with zero attached hydrogens (tertiary/aromatic N) is 2. The van der Waals surface area contributed by atoms with Gasteiger partial charge < -0.3 is 15.4 Å². The first-order valence-electron chi connectivity index (χ1n) is 8.74. The Morgan fingerprint density at radius 1 is 1.12 bits per heavy atom. The van der Waals surface area contributed by atoms with Crippen LogP contribution in [-0.2, 0) is 6.54 Å². The zero-order chi connectivity index (χ0) is 17.5. The van der Waals surface area contributed by atoms with Crippen molar-refractivity contribution in [2.24, 2.45) is 0 Å². The zero-order valence-corrected chi connectivity index (χ0v) is 14.5. The fraction of sp³-hybridized carbons (Fsp3) is 0.421. The van der Waals surface area contributed by atoms with E-state index in [1.165, 1.54) is 38.3 Å². The topological polar surface area (TPSA) is 76.1 Å². The van der Waals surface area contributed by atoms with E-state index in [2.05, 4.69) is 20.6 Å². The van der Waals surface area contributed by atoms with Gasteiger partial charge in [-0.2, -0.15) is 0 Å². The molecule has 6 nitrogen and oxygen atoms in total. The summed E-state index contributed by atoms with van der Waals surface area (Å²) in [5.74, 6) is 1.30. The van der Waals surface area contributed by atoms with Gasteiger partial charge >= 0.3 is 0 Å². The highest BCUT2D eigenvalue weighted by Crippen LogP contribution is 2.20. The summed E-state index contributed by atoms with van der Waals surface area (Å²) < 4.78 is 5.12. The highest BCUT2D eigenvalue weighted by Gasteiger charge is 2.14. The number of ether oxygens (including phenoxy) is 1. The molecule has 0 bridgehead atoms. The molecule has 0 atom stereocenters. The molecule has 1 aliphatic rings. The van der Waals surface area contributed by atoms with E-state index in [4.69, 9.17) is 4.74 Å². The van der Waals surface area contributed by atoms with Crippen molar-refractivity contribution in [3.63, 3.8) is 0 Å². The summed E-state index contributed by atoms with van der Waals surface area (Å²) in [6.07, 6.45) is 9.34. The van der Waals surface area contributed by atoms with E-state index in [-0.39, 0.29) is 5.91 Å². The third kappa shape index (κ3) is 4.92. The van der Waals surface area contributed by atoms with Crippen LogP contribution in [0.3, 0.4) is 0 Å². The first-order chi connectivity index (χ1) is 12.2. The van der Waals surface area contributed by atoms with Gasteiger partial charge in [0.05, 0.1) is 19.5 Å². The van der Waals surface area contributed by atoms with Crippen LogP contribution in [0.5, 0.6) is 5.75 Å². The summed E-state index contributed by atoms with van der Waals surface area (Å²) in [6, 6.07) is 8.04. The monoisotopic (exact) mass is 340 g/mol. The van der Waals surface area contributed by atoms with Crippen molar-refractivity contribution in [2.75, 3.05) is 12.4 Å².